The maximum atomic E-state index is 14.8. The second-order valence-corrected chi connectivity index (χ2v) is 7.16. The van der Waals surface area contributed by atoms with Crippen LogP contribution in [0.25, 0.3) is 11.0 Å². The summed E-state index contributed by atoms with van der Waals surface area (Å²) in [4.78, 5) is 28.0. The van der Waals surface area contributed by atoms with Gasteiger partial charge in [-0.15, -0.1) is 0 Å². The van der Waals surface area contributed by atoms with E-state index in [9.17, 15) is 18.4 Å². The van der Waals surface area contributed by atoms with Crippen LogP contribution in [0.2, 0.25) is 0 Å². The van der Waals surface area contributed by atoms with E-state index in [1.807, 2.05) is 30.3 Å². The summed E-state index contributed by atoms with van der Waals surface area (Å²) in [6.07, 6.45) is 0. The van der Waals surface area contributed by atoms with Gasteiger partial charge in [-0.05, 0) is 29.8 Å². The van der Waals surface area contributed by atoms with Gasteiger partial charge in [-0.3, -0.25) is 9.59 Å². The normalized spacial score (nSPS) is 15.6. The van der Waals surface area contributed by atoms with Gasteiger partial charge in [-0.25, -0.2) is 8.78 Å². The molecule has 4 aromatic rings. The zero-order valence-electron chi connectivity index (χ0n) is 15.6. The lowest BCUT2D eigenvalue weighted by Crippen LogP contribution is -2.29. The Morgan fingerprint density at radius 3 is 2.40 bits per heavy atom. The first-order valence-electron chi connectivity index (χ1n) is 9.40. The van der Waals surface area contributed by atoms with E-state index in [0.29, 0.717) is 0 Å². The number of fused-ring (bicyclic) bond motifs is 2. The molecular weight excluding hydrogens is 388 g/mol. The van der Waals surface area contributed by atoms with Gasteiger partial charge in [0.05, 0.1) is 17.0 Å². The topological polar surface area (TPSA) is 50.5 Å². The Hall–Kier alpha value is -3.80. The lowest BCUT2D eigenvalue weighted by atomic mass is 9.97. The molecule has 1 atom stereocenters. The highest BCUT2D eigenvalue weighted by atomic mass is 19.1. The van der Waals surface area contributed by atoms with E-state index in [-0.39, 0.29) is 34.4 Å². The predicted molar refractivity (Wildman–Crippen MR) is 107 cm³/mol. The van der Waals surface area contributed by atoms with Crippen LogP contribution in [0, 0.1) is 11.6 Å². The molecule has 0 saturated heterocycles. The maximum absolute atomic E-state index is 14.8. The fraction of sp³-hybridized carbons (Fsp3) is 0.0833. The average Bonchev–Trinajstić information content (AvgIpc) is 3.02. The molecule has 3 aromatic carbocycles. The first-order chi connectivity index (χ1) is 14.5. The summed E-state index contributed by atoms with van der Waals surface area (Å²) in [6.45, 7) is 0.160. The molecule has 4 nitrogen and oxygen atoms in total. The Labute approximate surface area is 170 Å². The molecule has 1 aliphatic rings. The van der Waals surface area contributed by atoms with Crippen LogP contribution in [0.15, 0.2) is 82.0 Å². The van der Waals surface area contributed by atoms with Crippen molar-refractivity contribution in [3.63, 3.8) is 0 Å². The van der Waals surface area contributed by atoms with Crippen molar-refractivity contribution in [2.45, 2.75) is 12.6 Å². The standard InChI is InChI=1S/C24H15F2NO3/c25-15-10-11-19-17(12-15)22(28)20-21(16-8-4-5-9-18(16)26)27(24(29)23(20)30-19)13-14-6-2-1-3-7-14/h1-12,21H,13H2. The Bertz CT molecular complexity index is 1350. The molecule has 0 bridgehead atoms. The molecule has 5 rings (SSSR count). The zero-order chi connectivity index (χ0) is 20.8. The maximum Gasteiger partial charge on any atom is 0.291 e. The van der Waals surface area contributed by atoms with Gasteiger partial charge >= 0.3 is 0 Å². The molecule has 0 N–H and O–H groups in total. The summed E-state index contributed by atoms with van der Waals surface area (Å²) in [6, 6.07) is 17.8. The van der Waals surface area contributed by atoms with Crippen LogP contribution >= 0.6 is 0 Å². The molecule has 6 heteroatoms. The molecule has 0 radical (unpaired) electrons. The van der Waals surface area contributed by atoms with Gasteiger partial charge < -0.3 is 9.32 Å². The third-order valence-electron chi connectivity index (χ3n) is 5.32. The van der Waals surface area contributed by atoms with Gasteiger partial charge in [-0.2, -0.15) is 0 Å². The lowest BCUT2D eigenvalue weighted by molar-refractivity contribution is 0.0712. The molecule has 0 spiro atoms. The summed E-state index contributed by atoms with van der Waals surface area (Å²) in [5, 5.41) is 0.0180. The minimum Gasteiger partial charge on any atom is -0.450 e. The fourth-order valence-corrected chi connectivity index (χ4v) is 3.96. The molecule has 1 aromatic heterocycles. The molecule has 148 valence electrons. The summed E-state index contributed by atoms with van der Waals surface area (Å²) >= 11 is 0. The Morgan fingerprint density at radius 2 is 1.63 bits per heavy atom. The van der Waals surface area contributed by atoms with E-state index in [1.54, 1.807) is 6.07 Å². The van der Waals surface area contributed by atoms with Crippen molar-refractivity contribution >= 4 is 16.9 Å². The monoisotopic (exact) mass is 403 g/mol. The number of carbonyl (C=O) groups excluding carboxylic acids is 1. The second-order valence-electron chi connectivity index (χ2n) is 7.16. The molecule has 1 amide bonds. The van der Waals surface area contributed by atoms with Crippen LogP contribution in [-0.2, 0) is 6.54 Å². The first kappa shape index (κ1) is 18.2. The summed E-state index contributed by atoms with van der Waals surface area (Å²) in [5.41, 5.74) is 0.607. The minimum atomic E-state index is -0.974. The van der Waals surface area contributed by atoms with Crippen LogP contribution in [0.4, 0.5) is 8.78 Å². The first-order valence-corrected chi connectivity index (χ1v) is 9.40. The third kappa shape index (κ3) is 2.80. The van der Waals surface area contributed by atoms with Crippen molar-refractivity contribution in [3.8, 4) is 0 Å². The number of benzene rings is 3. The van der Waals surface area contributed by atoms with Crippen molar-refractivity contribution in [1.29, 1.82) is 0 Å². The Kier molecular flexibility index (Phi) is 4.20. The molecule has 30 heavy (non-hydrogen) atoms. The number of carbonyl (C=O) groups is 1. The van der Waals surface area contributed by atoms with Gasteiger partial charge in [0.25, 0.3) is 5.91 Å². The predicted octanol–water partition coefficient (Wildman–Crippen LogP) is 4.82. The molecule has 2 heterocycles. The number of halogens is 2. The van der Waals surface area contributed by atoms with E-state index < -0.39 is 29.0 Å². The molecular formula is C24H15F2NO3. The van der Waals surface area contributed by atoms with Crippen molar-refractivity contribution in [2.24, 2.45) is 0 Å². The highest BCUT2D eigenvalue weighted by molar-refractivity contribution is 5.99. The third-order valence-corrected chi connectivity index (χ3v) is 5.32. The number of hydrogen-bond acceptors (Lipinski definition) is 3. The molecule has 1 unspecified atom stereocenters. The Morgan fingerprint density at radius 1 is 0.900 bits per heavy atom. The summed E-state index contributed by atoms with van der Waals surface area (Å²) in [7, 11) is 0. The smallest absolute Gasteiger partial charge is 0.291 e. The minimum absolute atomic E-state index is 0.0180. The van der Waals surface area contributed by atoms with Crippen molar-refractivity contribution in [1.82, 2.24) is 4.90 Å². The largest absolute Gasteiger partial charge is 0.450 e. The highest BCUT2D eigenvalue weighted by Gasteiger charge is 2.43. The van der Waals surface area contributed by atoms with E-state index in [2.05, 4.69) is 0 Å². The van der Waals surface area contributed by atoms with Gasteiger partial charge in [0, 0.05) is 12.1 Å². The number of rotatable bonds is 3. The highest BCUT2D eigenvalue weighted by Crippen LogP contribution is 2.39. The van der Waals surface area contributed by atoms with Gasteiger partial charge in [0.2, 0.25) is 5.76 Å². The van der Waals surface area contributed by atoms with Crippen molar-refractivity contribution in [2.75, 3.05) is 0 Å². The Balaban J connectivity index is 1.77. The van der Waals surface area contributed by atoms with E-state index in [1.165, 1.54) is 29.2 Å². The second kappa shape index (κ2) is 6.91. The number of nitrogens with zero attached hydrogens (tertiary/aromatic N) is 1. The van der Waals surface area contributed by atoms with Crippen LogP contribution in [-0.4, -0.2) is 10.8 Å². The van der Waals surface area contributed by atoms with Crippen molar-refractivity contribution < 1.29 is 18.0 Å². The molecule has 0 aliphatic carbocycles. The van der Waals surface area contributed by atoms with Crippen LogP contribution in [0.1, 0.15) is 33.3 Å². The summed E-state index contributed by atoms with van der Waals surface area (Å²) in [5.74, 6) is -1.78. The van der Waals surface area contributed by atoms with E-state index in [0.717, 1.165) is 17.7 Å². The van der Waals surface area contributed by atoms with Crippen LogP contribution in [0.5, 0.6) is 0 Å². The van der Waals surface area contributed by atoms with Crippen LogP contribution in [0.3, 0.4) is 0 Å². The van der Waals surface area contributed by atoms with E-state index >= 15 is 0 Å². The number of hydrogen-bond donors (Lipinski definition) is 0. The van der Waals surface area contributed by atoms with Gasteiger partial charge in [-0.1, -0.05) is 48.5 Å². The van der Waals surface area contributed by atoms with E-state index in [4.69, 9.17) is 4.42 Å². The number of amides is 1. The average molecular weight is 403 g/mol. The zero-order valence-corrected chi connectivity index (χ0v) is 15.6. The van der Waals surface area contributed by atoms with Crippen molar-refractivity contribution in [3.05, 3.63) is 117 Å². The van der Waals surface area contributed by atoms with Crippen LogP contribution < -0.4 is 5.43 Å². The summed E-state index contributed by atoms with van der Waals surface area (Å²) < 4.78 is 34.3. The molecule has 0 saturated carbocycles. The van der Waals surface area contributed by atoms with Gasteiger partial charge in [0.15, 0.2) is 5.43 Å². The van der Waals surface area contributed by atoms with Gasteiger partial charge in [0.1, 0.15) is 17.2 Å². The quantitative estimate of drug-likeness (QED) is 0.493. The molecule has 1 aliphatic heterocycles. The molecule has 0 fully saturated rings. The fourth-order valence-electron chi connectivity index (χ4n) is 3.96. The lowest BCUT2D eigenvalue weighted by Gasteiger charge is -2.25. The SMILES string of the molecule is O=C1c2oc3ccc(F)cc3c(=O)c2C(c2ccccc2F)N1Cc1ccccc1.